The first-order valence-electron chi connectivity index (χ1n) is 5.09. The lowest BCUT2D eigenvalue weighted by Crippen LogP contribution is -2.36. The number of nitrogens with zero attached hydrogens (tertiary/aromatic N) is 1. The van der Waals surface area contributed by atoms with Gasteiger partial charge in [0.05, 0.1) is 5.75 Å². The largest absolute Gasteiger partial charge is 0.325 e. The van der Waals surface area contributed by atoms with E-state index in [9.17, 15) is 9.59 Å². The van der Waals surface area contributed by atoms with Crippen LogP contribution in [0.4, 0.5) is 5.69 Å². The Kier molecular flexibility index (Phi) is 4.21. The van der Waals surface area contributed by atoms with Crippen LogP contribution in [-0.2, 0) is 9.59 Å². The van der Waals surface area contributed by atoms with Crippen LogP contribution in [0.5, 0.6) is 0 Å². The molecular formula is C11H9ClN2O2S2. The van der Waals surface area contributed by atoms with Crippen molar-refractivity contribution in [2.75, 3.05) is 17.6 Å². The summed E-state index contributed by atoms with van der Waals surface area (Å²) in [6.07, 6.45) is 0. The van der Waals surface area contributed by atoms with E-state index in [1.165, 1.54) is 16.7 Å². The third kappa shape index (κ3) is 3.22. The zero-order valence-electron chi connectivity index (χ0n) is 9.18. The van der Waals surface area contributed by atoms with E-state index in [2.05, 4.69) is 5.32 Å². The molecule has 1 aliphatic heterocycles. The Morgan fingerprint density at radius 2 is 2.11 bits per heavy atom. The predicted octanol–water partition coefficient (Wildman–Crippen LogP) is 2.14. The van der Waals surface area contributed by atoms with Crippen molar-refractivity contribution in [3.63, 3.8) is 0 Å². The number of halogens is 1. The molecule has 1 heterocycles. The first kappa shape index (κ1) is 13.3. The van der Waals surface area contributed by atoms with Gasteiger partial charge in [-0.05, 0) is 24.3 Å². The number of carbonyl (C=O) groups excluding carboxylic acids is 2. The van der Waals surface area contributed by atoms with Crippen LogP contribution in [0.2, 0.25) is 5.02 Å². The van der Waals surface area contributed by atoms with Crippen LogP contribution in [0.1, 0.15) is 0 Å². The number of thiocarbonyl (C=S) groups is 1. The molecule has 0 aliphatic carbocycles. The molecular weight excluding hydrogens is 292 g/mol. The van der Waals surface area contributed by atoms with Gasteiger partial charge < -0.3 is 5.32 Å². The van der Waals surface area contributed by atoms with Crippen LogP contribution in [0.25, 0.3) is 0 Å². The molecule has 94 valence electrons. The average molecular weight is 301 g/mol. The van der Waals surface area contributed by atoms with E-state index in [0.717, 1.165) is 0 Å². The molecule has 1 aliphatic rings. The molecule has 18 heavy (non-hydrogen) atoms. The highest BCUT2D eigenvalue weighted by atomic mass is 35.5. The fourth-order valence-electron chi connectivity index (χ4n) is 1.41. The molecule has 0 radical (unpaired) electrons. The Labute approximate surface area is 119 Å². The third-order valence-corrected chi connectivity index (χ3v) is 3.95. The second kappa shape index (κ2) is 5.69. The molecule has 1 aromatic rings. The predicted molar refractivity (Wildman–Crippen MR) is 76.9 cm³/mol. The fraction of sp³-hybridized carbons (Fsp3) is 0.182. The normalized spacial score (nSPS) is 15.1. The molecule has 0 saturated carbocycles. The van der Waals surface area contributed by atoms with Gasteiger partial charge in [0.15, 0.2) is 0 Å². The van der Waals surface area contributed by atoms with E-state index < -0.39 is 0 Å². The Morgan fingerprint density at radius 3 is 2.67 bits per heavy atom. The molecule has 0 spiro atoms. The minimum Gasteiger partial charge on any atom is -0.325 e. The Morgan fingerprint density at radius 1 is 1.44 bits per heavy atom. The van der Waals surface area contributed by atoms with Gasteiger partial charge >= 0.3 is 0 Å². The van der Waals surface area contributed by atoms with Crippen molar-refractivity contribution >= 4 is 57.4 Å². The molecule has 7 heteroatoms. The fourth-order valence-corrected chi connectivity index (χ4v) is 2.61. The monoisotopic (exact) mass is 300 g/mol. The first-order chi connectivity index (χ1) is 8.56. The standard InChI is InChI=1S/C11H9ClN2O2S2/c12-7-1-3-8(4-2-7)13-9(15)5-14-10(16)6-18-11(14)17/h1-4H,5-6H2,(H,13,15). The van der Waals surface area contributed by atoms with Crippen molar-refractivity contribution < 1.29 is 9.59 Å². The summed E-state index contributed by atoms with van der Waals surface area (Å²) >= 11 is 12.0. The minimum atomic E-state index is -0.282. The summed E-state index contributed by atoms with van der Waals surface area (Å²) in [5.41, 5.74) is 0.634. The highest BCUT2D eigenvalue weighted by Gasteiger charge is 2.28. The maximum atomic E-state index is 11.7. The van der Waals surface area contributed by atoms with E-state index in [0.29, 0.717) is 20.8 Å². The molecule has 0 unspecified atom stereocenters. The number of nitrogens with one attached hydrogen (secondary N) is 1. The summed E-state index contributed by atoms with van der Waals surface area (Å²) in [7, 11) is 0. The van der Waals surface area contributed by atoms with Gasteiger partial charge in [0.25, 0.3) is 0 Å². The van der Waals surface area contributed by atoms with E-state index in [4.69, 9.17) is 23.8 Å². The van der Waals surface area contributed by atoms with Crippen LogP contribution >= 0.6 is 35.6 Å². The van der Waals surface area contributed by atoms with Crippen molar-refractivity contribution in [1.29, 1.82) is 0 Å². The van der Waals surface area contributed by atoms with Crippen LogP contribution in [0, 0.1) is 0 Å². The lowest BCUT2D eigenvalue weighted by atomic mass is 10.3. The maximum Gasteiger partial charge on any atom is 0.244 e. The van der Waals surface area contributed by atoms with Gasteiger partial charge in [-0.3, -0.25) is 14.5 Å². The SMILES string of the molecule is O=C(CN1C(=O)CSC1=S)Nc1ccc(Cl)cc1. The third-order valence-electron chi connectivity index (χ3n) is 2.27. The average Bonchev–Trinajstić information content (AvgIpc) is 2.64. The van der Waals surface area contributed by atoms with Gasteiger partial charge in [-0.2, -0.15) is 0 Å². The van der Waals surface area contributed by atoms with Gasteiger partial charge in [0.1, 0.15) is 10.9 Å². The van der Waals surface area contributed by atoms with Crippen molar-refractivity contribution in [3.8, 4) is 0 Å². The lowest BCUT2D eigenvalue weighted by Gasteiger charge is -2.14. The topological polar surface area (TPSA) is 49.4 Å². The van der Waals surface area contributed by atoms with Crippen LogP contribution in [-0.4, -0.2) is 33.3 Å². The van der Waals surface area contributed by atoms with E-state index in [1.54, 1.807) is 24.3 Å². The minimum absolute atomic E-state index is 0.0483. The van der Waals surface area contributed by atoms with Crippen LogP contribution < -0.4 is 5.32 Å². The molecule has 1 N–H and O–H groups in total. The number of thioether (sulfide) groups is 1. The van der Waals surface area contributed by atoms with Crippen molar-refractivity contribution in [1.82, 2.24) is 4.90 Å². The number of benzene rings is 1. The van der Waals surface area contributed by atoms with Gasteiger partial charge in [-0.15, -0.1) is 0 Å². The summed E-state index contributed by atoms with van der Waals surface area (Å²) < 4.78 is 0.450. The summed E-state index contributed by atoms with van der Waals surface area (Å²) in [5.74, 6) is -0.0978. The van der Waals surface area contributed by atoms with Gasteiger partial charge in [0, 0.05) is 10.7 Å². The smallest absolute Gasteiger partial charge is 0.244 e. The number of carbonyl (C=O) groups is 2. The molecule has 2 rings (SSSR count). The van der Waals surface area contributed by atoms with Crippen LogP contribution in [0.3, 0.4) is 0 Å². The lowest BCUT2D eigenvalue weighted by molar-refractivity contribution is -0.127. The summed E-state index contributed by atoms with van der Waals surface area (Å²) in [4.78, 5) is 24.5. The van der Waals surface area contributed by atoms with E-state index in [-0.39, 0.29) is 18.4 Å². The quantitative estimate of drug-likeness (QED) is 0.869. The molecule has 1 fully saturated rings. The zero-order valence-corrected chi connectivity index (χ0v) is 11.6. The Balaban J connectivity index is 1.94. The van der Waals surface area contributed by atoms with E-state index in [1.807, 2.05) is 0 Å². The number of amides is 2. The zero-order chi connectivity index (χ0) is 13.1. The number of hydrogen-bond donors (Lipinski definition) is 1. The van der Waals surface area contributed by atoms with Gasteiger partial charge in [-0.25, -0.2) is 0 Å². The number of anilines is 1. The molecule has 1 aromatic carbocycles. The van der Waals surface area contributed by atoms with Crippen molar-refractivity contribution in [2.45, 2.75) is 0 Å². The van der Waals surface area contributed by atoms with Crippen LogP contribution in [0.15, 0.2) is 24.3 Å². The molecule has 0 aromatic heterocycles. The summed E-state index contributed by atoms with van der Waals surface area (Å²) in [5, 5.41) is 3.27. The first-order valence-corrected chi connectivity index (χ1v) is 6.86. The van der Waals surface area contributed by atoms with Gasteiger partial charge in [-0.1, -0.05) is 35.6 Å². The summed E-state index contributed by atoms with van der Waals surface area (Å²) in [6.45, 7) is -0.0483. The summed E-state index contributed by atoms with van der Waals surface area (Å²) in [6, 6.07) is 6.75. The second-order valence-corrected chi connectivity index (χ2v) is 5.64. The number of hydrogen-bond acceptors (Lipinski definition) is 4. The van der Waals surface area contributed by atoms with Gasteiger partial charge in [0.2, 0.25) is 11.8 Å². The van der Waals surface area contributed by atoms with E-state index >= 15 is 0 Å². The molecule has 1 saturated heterocycles. The molecule has 0 bridgehead atoms. The second-order valence-electron chi connectivity index (χ2n) is 3.59. The highest BCUT2D eigenvalue weighted by molar-refractivity contribution is 8.23. The Hall–Kier alpha value is -1.11. The van der Waals surface area contributed by atoms with Crippen molar-refractivity contribution in [2.24, 2.45) is 0 Å². The highest BCUT2D eigenvalue weighted by Crippen LogP contribution is 2.19. The maximum absolute atomic E-state index is 11.7. The van der Waals surface area contributed by atoms with Crippen molar-refractivity contribution in [3.05, 3.63) is 29.3 Å². The Bertz CT molecular complexity index is 488. The molecule has 4 nitrogen and oxygen atoms in total. The molecule has 0 atom stereocenters. The number of rotatable bonds is 3. The molecule has 2 amide bonds.